The smallest absolute Gasteiger partial charge is 0.287 e. The molecule has 1 aromatic carbocycles. The molecule has 1 atom stereocenters. The molecule has 0 aliphatic carbocycles. The van der Waals surface area contributed by atoms with Gasteiger partial charge in [0.05, 0.1) is 6.61 Å². The Bertz CT molecular complexity index is 403. The van der Waals surface area contributed by atoms with E-state index in [2.05, 4.69) is 10.5 Å². The third-order valence-corrected chi connectivity index (χ3v) is 2.14. The fourth-order valence-electron chi connectivity index (χ4n) is 1.41. The Morgan fingerprint density at radius 2 is 2.12 bits per heavy atom. The van der Waals surface area contributed by atoms with E-state index in [1.165, 1.54) is 0 Å². The topological polar surface area (TPSA) is 59.9 Å². The van der Waals surface area contributed by atoms with Crippen LogP contribution in [0.1, 0.15) is 0 Å². The van der Waals surface area contributed by atoms with Gasteiger partial charge in [0.1, 0.15) is 11.5 Å². The zero-order chi connectivity index (χ0) is 11.4. The summed E-state index contributed by atoms with van der Waals surface area (Å²) in [5.74, 6) is 0.365. The number of carbonyl (C=O) groups is 1. The van der Waals surface area contributed by atoms with Gasteiger partial charge in [-0.2, -0.15) is 5.10 Å². The molecule has 2 rings (SSSR count). The maximum atomic E-state index is 11.5. The number of amides is 1. The molecule has 0 bridgehead atoms. The van der Waals surface area contributed by atoms with Crippen molar-refractivity contribution in [1.29, 1.82) is 0 Å². The van der Waals surface area contributed by atoms with Gasteiger partial charge in [-0.1, -0.05) is 18.2 Å². The zero-order valence-corrected chi connectivity index (χ0v) is 8.84. The third kappa shape index (κ3) is 2.20. The van der Waals surface area contributed by atoms with E-state index in [1.807, 2.05) is 18.2 Å². The third-order valence-electron chi connectivity index (χ3n) is 2.14. The summed E-state index contributed by atoms with van der Waals surface area (Å²) in [7, 11) is 1.55. The van der Waals surface area contributed by atoms with Gasteiger partial charge in [0.25, 0.3) is 5.91 Å². The van der Waals surface area contributed by atoms with Gasteiger partial charge in [-0.25, -0.2) is 5.43 Å². The van der Waals surface area contributed by atoms with Crippen molar-refractivity contribution in [3.05, 3.63) is 30.3 Å². The average molecular weight is 220 g/mol. The fourth-order valence-corrected chi connectivity index (χ4v) is 1.41. The van der Waals surface area contributed by atoms with Crippen LogP contribution in [-0.2, 0) is 9.53 Å². The second kappa shape index (κ2) is 4.76. The highest BCUT2D eigenvalue weighted by Gasteiger charge is 2.31. The van der Waals surface area contributed by atoms with Crippen LogP contribution < -0.4 is 10.2 Å². The molecule has 0 fully saturated rings. The van der Waals surface area contributed by atoms with Gasteiger partial charge in [-0.3, -0.25) is 4.79 Å². The Hall–Kier alpha value is -1.88. The lowest BCUT2D eigenvalue weighted by Gasteiger charge is -2.12. The first-order chi connectivity index (χ1) is 7.81. The second-order valence-electron chi connectivity index (χ2n) is 3.32. The predicted molar refractivity (Wildman–Crippen MR) is 58.3 cm³/mol. The molecule has 1 unspecified atom stereocenters. The summed E-state index contributed by atoms with van der Waals surface area (Å²) in [5.41, 5.74) is 2.92. The van der Waals surface area contributed by atoms with Crippen molar-refractivity contribution in [2.75, 3.05) is 13.7 Å². The maximum absolute atomic E-state index is 11.5. The van der Waals surface area contributed by atoms with Crippen LogP contribution in [0.25, 0.3) is 0 Å². The molecule has 0 saturated heterocycles. The molecule has 0 saturated carbocycles. The Balaban J connectivity index is 2.08. The number of benzene rings is 1. The lowest BCUT2D eigenvalue weighted by atomic mass is 10.2. The largest absolute Gasteiger partial charge is 0.474 e. The lowest BCUT2D eigenvalue weighted by Crippen LogP contribution is -2.36. The number of hydrazone groups is 1. The van der Waals surface area contributed by atoms with Crippen molar-refractivity contribution in [2.45, 2.75) is 6.10 Å². The van der Waals surface area contributed by atoms with Crippen LogP contribution in [0, 0.1) is 0 Å². The standard InChI is InChI=1S/C11H12N2O3/c1-15-7-9-10(11(14)13-12-9)16-8-5-3-2-4-6-8/h2-6,10H,7H2,1H3,(H,13,14). The van der Waals surface area contributed by atoms with Gasteiger partial charge < -0.3 is 9.47 Å². The minimum Gasteiger partial charge on any atom is -0.474 e. The highest BCUT2D eigenvalue weighted by Crippen LogP contribution is 2.13. The second-order valence-corrected chi connectivity index (χ2v) is 3.32. The Morgan fingerprint density at radius 1 is 1.38 bits per heavy atom. The Kier molecular flexibility index (Phi) is 3.16. The van der Waals surface area contributed by atoms with Gasteiger partial charge in [0, 0.05) is 7.11 Å². The molecule has 0 spiro atoms. The van der Waals surface area contributed by atoms with Crippen LogP contribution in [-0.4, -0.2) is 31.4 Å². The molecule has 0 aromatic heterocycles. The van der Waals surface area contributed by atoms with Crippen molar-refractivity contribution in [2.24, 2.45) is 5.10 Å². The van der Waals surface area contributed by atoms with Crippen molar-refractivity contribution in [1.82, 2.24) is 5.43 Å². The maximum Gasteiger partial charge on any atom is 0.287 e. The minimum absolute atomic E-state index is 0.268. The van der Waals surface area contributed by atoms with Crippen LogP contribution in [0.4, 0.5) is 0 Å². The summed E-state index contributed by atoms with van der Waals surface area (Å²) < 4.78 is 10.5. The van der Waals surface area contributed by atoms with E-state index >= 15 is 0 Å². The molecule has 1 heterocycles. The molecule has 5 heteroatoms. The molecular formula is C11H12N2O3. The van der Waals surface area contributed by atoms with Gasteiger partial charge in [-0.05, 0) is 12.1 Å². The Labute approximate surface area is 93.1 Å². The number of methoxy groups -OCH3 is 1. The van der Waals surface area contributed by atoms with Gasteiger partial charge in [0.15, 0.2) is 0 Å². The molecule has 0 radical (unpaired) electrons. The fraction of sp³-hybridized carbons (Fsp3) is 0.273. The number of nitrogens with one attached hydrogen (secondary N) is 1. The molecular weight excluding hydrogens is 208 g/mol. The molecule has 1 N–H and O–H groups in total. The number of para-hydroxylation sites is 1. The van der Waals surface area contributed by atoms with Crippen LogP contribution >= 0.6 is 0 Å². The molecule has 1 amide bonds. The molecule has 1 aromatic rings. The summed E-state index contributed by atoms with van der Waals surface area (Å²) in [5, 5.41) is 3.85. The van der Waals surface area contributed by atoms with Crippen LogP contribution in [0.2, 0.25) is 0 Å². The first kappa shape index (κ1) is 10.6. The predicted octanol–water partition coefficient (Wildman–Crippen LogP) is 0.566. The SMILES string of the molecule is COCC1=NNC(=O)C1Oc1ccccc1. The van der Waals surface area contributed by atoms with Gasteiger partial charge in [-0.15, -0.1) is 0 Å². The van der Waals surface area contributed by atoms with Crippen LogP contribution in [0.3, 0.4) is 0 Å². The van der Waals surface area contributed by atoms with Gasteiger partial charge in [0.2, 0.25) is 6.10 Å². The van der Waals surface area contributed by atoms with Gasteiger partial charge >= 0.3 is 0 Å². The van der Waals surface area contributed by atoms with E-state index < -0.39 is 6.10 Å². The highest BCUT2D eigenvalue weighted by molar-refractivity contribution is 6.11. The number of nitrogens with zero attached hydrogens (tertiary/aromatic N) is 1. The summed E-state index contributed by atoms with van der Waals surface area (Å²) in [6.45, 7) is 0.274. The first-order valence-corrected chi connectivity index (χ1v) is 4.88. The number of ether oxygens (including phenoxy) is 2. The molecule has 84 valence electrons. The van der Waals surface area contributed by atoms with Crippen molar-refractivity contribution in [3.63, 3.8) is 0 Å². The summed E-state index contributed by atoms with van der Waals surface area (Å²) in [6.07, 6.45) is -0.692. The van der Waals surface area contributed by atoms with E-state index in [-0.39, 0.29) is 12.5 Å². The number of hydrogen-bond acceptors (Lipinski definition) is 4. The average Bonchev–Trinajstić information content (AvgIpc) is 2.64. The molecule has 1 aliphatic heterocycles. The lowest BCUT2D eigenvalue weighted by molar-refractivity contribution is -0.124. The van der Waals surface area contributed by atoms with E-state index in [1.54, 1.807) is 19.2 Å². The van der Waals surface area contributed by atoms with Crippen LogP contribution in [0.5, 0.6) is 5.75 Å². The summed E-state index contributed by atoms with van der Waals surface area (Å²) >= 11 is 0. The monoisotopic (exact) mass is 220 g/mol. The van der Waals surface area contributed by atoms with Crippen molar-refractivity contribution < 1.29 is 14.3 Å². The molecule has 16 heavy (non-hydrogen) atoms. The molecule has 1 aliphatic rings. The van der Waals surface area contributed by atoms with E-state index in [0.717, 1.165) is 0 Å². The van der Waals surface area contributed by atoms with Crippen molar-refractivity contribution in [3.8, 4) is 5.75 Å². The Morgan fingerprint density at radius 3 is 2.81 bits per heavy atom. The summed E-state index contributed by atoms with van der Waals surface area (Å²) in [4.78, 5) is 11.5. The normalized spacial score (nSPS) is 19.2. The number of rotatable bonds is 4. The van der Waals surface area contributed by atoms with E-state index in [4.69, 9.17) is 9.47 Å². The highest BCUT2D eigenvalue weighted by atomic mass is 16.5. The number of hydrogen-bond donors (Lipinski definition) is 1. The molecule has 5 nitrogen and oxygen atoms in total. The van der Waals surface area contributed by atoms with E-state index in [0.29, 0.717) is 11.5 Å². The summed E-state index contributed by atoms with van der Waals surface area (Å²) in [6, 6.07) is 9.14. The minimum atomic E-state index is -0.692. The van der Waals surface area contributed by atoms with Crippen molar-refractivity contribution >= 4 is 11.6 Å². The van der Waals surface area contributed by atoms with E-state index in [9.17, 15) is 4.79 Å². The van der Waals surface area contributed by atoms with Crippen LogP contribution in [0.15, 0.2) is 35.4 Å². The number of carbonyl (C=O) groups excluding carboxylic acids is 1. The quantitative estimate of drug-likeness (QED) is 0.806. The zero-order valence-electron chi connectivity index (χ0n) is 8.84. The first-order valence-electron chi connectivity index (χ1n) is 4.88.